The van der Waals surface area contributed by atoms with Crippen molar-refractivity contribution < 1.29 is 18.7 Å². The van der Waals surface area contributed by atoms with Crippen LogP contribution in [0.4, 0.5) is 0 Å². The molecule has 0 saturated carbocycles. The summed E-state index contributed by atoms with van der Waals surface area (Å²) >= 11 is 0. The van der Waals surface area contributed by atoms with Crippen LogP contribution in [0.15, 0.2) is 65.3 Å². The van der Waals surface area contributed by atoms with Crippen LogP contribution < -0.4 is 0 Å². The van der Waals surface area contributed by atoms with Gasteiger partial charge in [0.15, 0.2) is 0 Å². The molecule has 3 aromatic rings. The lowest BCUT2D eigenvalue weighted by Gasteiger charge is -2.46. The predicted molar refractivity (Wildman–Crippen MR) is 110 cm³/mol. The van der Waals surface area contributed by atoms with E-state index >= 15 is 0 Å². The van der Waals surface area contributed by atoms with Crippen molar-refractivity contribution in [1.82, 2.24) is 4.90 Å². The number of piperidine rings is 1. The fraction of sp³-hybridized carbons (Fsp3) is 0.333. The molecule has 0 amide bonds. The number of esters is 1. The summed E-state index contributed by atoms with van der Waals surface area (Å²) in [5.41, 5.74) is 2.05. The van der Waals surface area contributed by atoms with Gasteiger partial charge in [0.05, 0.1) is 6.26 Å². The Kier molecular flexibility index (Phi) is 5.24. The minimum absolute atomic E-state index is 0.00348. The zero-order valence-electron chi connectivity index (χ0n) is 16.8. The molecule has 0 bridgehead atoms. The molecule has 2 heterocycles. The minimum atomic E-state index is -0.862. The van der Waals surface area contributed by atoms with Gasteiger partial charge in [-0.2, -0.15) is 0 Å². The van der Waals surface area contributed by atoms with Crippen LogP contribution in [0.25, 0.3) is 11.0 Å². The van der Waals surface area contributed by atoms with E-state index in [2.05, 4.69) is 24.0 Å². The second kappa shape index (κ2) is 7.84. The van der Waals surface area contributed by atoms with Crippen molar-refractivity contribution in [2.75, 3.05) is 13.1 Å². The zero-order valence-corrected chi connectivity index (χ0v) is 16.8. The number of likely N-dealkylation sites (tertiary alicyclic amines) is 1. The highest BCUT2D eigenvalue weighted by atomic mass is 16.6. The molecule has 1 saturated heterocycles. The maximum atomic E-state index is 12.4. The number of carbonyl (C=O) groups excluding carboxylic acids is 2. The van der Waals surface area contributed by atoms with Crippen molar-refractivity contribution >= 4 is 22.7 Å². The molecule has 150 valence electrons. The molecule has 0 radical (unpaired) electrons. The molecule has 1 fully saturated rings. The minimum Gasteiger partial charge on any atom is -0.464 e. The second-order valence-electron chi connectivity index (χ2n) is 7.84. The smallest absolute Gasteiger partial charge is 0.375 e. The quantitative estimate of drug-likeness (QED) is 0.479. The van der Waals surface area contributed by atoms with Gasteiger partial charge in [-0.15, -0.1) is 0 Å². The van der Waals surface area contributed by atoms with E-state index in [1.54, 1.807) is 6.26 Å². The van der Waals surface area contributed by atoms with Crippen LogP contribution in [0.3, 0.4) is 0 Å². The van der Waals surface area contributed by atoms with Crippen LogP contribution in [0.2, 0.25) is 0 Å². The van der Waals surface area contributed by atoms with Crippen molar-refractivity contribution in [3.05, 3.63) is 72.0 Å². The number of furan rings is 1. The summed E-state index contributed by atoms with van der Waals surface area (Å²) in [6.45, 7) is 5.71. The number of benzene rings is 2. The van der Waals surface area contributed by atoms with Crippen molar-refractivity contribution in [1.29, 1.82) is 0 Å². The summed E-state index contributed by atoms with van der Waals surface area (Å²) in [6, 6.07) is 18.0. The van der Waals surface area contributed by atoms with Crippen molar-refractivity contribution in [3.63, 3.8) is 0 Å². The average Bonchev–Trinajstić information content (AvgIpc) is 3.20. The Labute approximate surface area is 170 Å². The van der Waals surface area contributed by atoms with Gasteiger partial charge in [-0.25, -0.2) is 4.79 Å². The molecule has 5 nitrogen and oxygen atoms in total. The van der Waals surface area contributed by atoms with Gasteiger partial charge >= 0.3 is 5.97 Å². The molecule has 2 aromatic carbocycles. The van der Waals surface area contributed by atoms with Gasteiger partial charge < -0.3 is 9.15 Å². The molecule has 1 aliphatic heterocycles. The predicted octanol–water partition coefficient (Wildman–Crippen LogP) is 4.30. The highest BCUT2D eigenvalue weighted by Crippen LogP contribution is 2.44. The Balaban J connectivity index is 1.68. The lowest BCUT2D eigenvalue weighted by atomic mass is 9.75. The molecular weight excluding hydrogens is 366 g/mol. The molecule has 1 aliphatic rings. The van der Waals surface area contributed by atoms with Crippen LogP contribution in [0.1, 0.15) is 31.4 Å². The highest BCUT2D eigenvalue weighted by molar-refractivity contribution is 6.32. The van der Waals surface area contributed by atoms with E-state index in [0.29, 0.717) is 6.42 Å². The Morgan fingerprint density at radius 1 is 1.14 bits per heavy atom. The molecule has 2 atom stereocenters. The van der Waals surface area contributed by atoms with Crippen molar-refractivity contribution in [2.45, 2.75) is 32.4 Å². The second-order valence-corrected chi connectivity index (χ2v) is 7.84. The van der Waals surface area contributed by atoms with Crippen LogP contribution in [-0.2, 0) is 26.5 Å². The third-order valence-electron chi connectivity index (χ3n) is 5.89. The standard InChI is InChI=1S/C24H25NO4/c1-17-15-25(16-19-7-4-3-5-8-19)13-12-24(17,29-23(27)18(2)26)21-9-6-10-22-20(21)11-14-28-22/h3-11,14,17H,12-13,15-16H2,1-2H3. The lowest BCUT2D eigenvalue weighted by molar-refractivity contribution is -0.178. The maximum absolute atomic E-state index is 12.4. The van der Waals surface area contributed by atoms with E-state index in [0.717, 1.165) is 36.2 Å². The fourth-order valence-electron chi connectivity index (χ4n) is 4.39. The van der Waals surface area contributed by atoms with Gasteiger partial charge in [-0.1, -0.05) is 49.4 Å². The largest absolute Gasteiger partial charge is 0.464 e. The number of nitrogens with zero attached hydrogens (tertiary/aromatic N) is 1. The van der Waals surface area contributed by atoms with Gasteiger partial charge in [-0.3, -0.25) is 9.69 Å². The van der Waals surface area contributed by atoms with Crippen LogP contribution in [0, 0.1) is 5.92 Å². The number of ether oxygens (including phenoxy) is 1. The Bertz CT molecular complexity index is 1030. The summed E-state index contributed by atoms with van der Waals surface area (Å²) < 4.78 is 11.5. The topological polar surface area (TPSA) is 59.8 Å². The van der Waals surface area contributed by atoms with E-state index in [9.17, 15) is 9.59 Å². The number of hydrogen-bond donors (Lipinski definition) is 0. The van der Waals surface area contributed by atoms with E-state index in [1.165, 1.54) is 12.5 Å². The molecule has 0 spiro atoms. The number of ketones is 1. The summed E-state index contributed by atoms with van der Waals surface area (Å²) in [7, 11) is 0. The normalized spacial score (nSPS) is 22.5. The molecule has 29 heavy (non-hydrogen) atoms. The molecule has 0 N–H and O–H groups in total. The third kappa shape index (κ3) is 3.70. The van der Waals surface area contributed by atoms with Gasteiger partial charge in [0.2, 0.25) is 5.78 Å². The lowest BCUT2D eigenvalue weighted by Crippen LogP contribution is -2.51. The maximum Gasteiger partial charge on any atom is 0.375 e. The highest BCUT2D eigenvalue weighted by Gasteiger charge is 2.47. The van der Waals surface area contributed by atoms with Crippen molar-refractivity contribution in [3.8, 4) is 0 Å². The Morgan fingerprint density at radius 2 is 1.93 bits per heavy atom. The Morgan fingerprint density at radius 3 is 2.66 bits per heavy atom. The monoisotopic (exact) mass is 391 g/mol. The van der Waals surface area contributed by atoms with Gasteiger partial charge in [-0.05, 0) is 17.7 Å². The first-order valence-corrected chi connectivity index (χ1v) is 9.96. The third-order valence-corrected chi connectivity index (χ3v) is 5.89. The number of carbonyl (C=O) groups is 2. The van der Waals surface area contributed by atoms with Gasteiger partial charge in [0, 0.05) is 49.8 Å². The first-order chi connectivity index (χ1) is 14.0. The number of Topliss-reactive ketones (excluding diaryl/α,β-unsaturated/α-hetero) is 1. The van der Waals surface area contributed by atoms with Crippen molar-refractivity contribution in [2.24, 2.45) is 5.92 Å². The Hall–Kier alpha value is -2.92. The molecule has 0 aliphatic carbocycles. The van der Waals surface area contributed by atoms with E-state index < -0.39 is 17.4 Å². The number of hydrogen-bond acceptors (Lipinski definition) is 5. The summed E-state index contributed by atoms with van der Waals surface area (Å²) in [5, 5.41) is 0.923. The van der Waals surface area contributed by atoms with E-state index in [1.807, 2.05) is 42.5 Å². The van der Waals surface area contributed by atoms with Crippen LogP contribution in [-0.4, -0.2) is 29.7 Å². The zero-order chi connectivity index (χ0) is 20.4. The van der Waals surface area contributed by atoms with Crippen LogP contribution >= 0.6 is 0 Å². The number of fused-ring (bicyclic) bond motifs is 1. The molecule has 1 aromatic heterocycles. The van der Waals surface area contributed by atoms with E-state index in [4.69, 9.17) is 9.15 Å². The van der Waals surface area contributed by atoms with Gasteiger partial charge in [0.25, 0.3) is 0 Å². The fourth-order valence-corrected chi connectivity index (χ4v) is 4.39. The summed E-state index contributed by atoms with van der Waals surface area (Å²) in [6.07, 6.45) is 2.26. The first kappa shape index (κ1) is 19.4. The average molecular weight is 391 g/mol. The summed E-state index contributed by atoms with van der Waals surface area (Å²) in [5.74, 6) is -1.36. The number of rotatable bonds is 5. The van der Waals surface area contributed by atoms with E-state index in [-0.39, 0.29) is 5.92 Å². The molecule has 5 heteroatoms. The van der Waals surface area contributed by atoms with Gasteiger partial charge in [0.1, 0.15) is 11.2 Å². The molecule has 4 rings (SSSR count). The van der Waals surface area contributed by atoms with Crippen LogP contribution in [0.5, 0.6) is 0 Å². The molecule has 2 unspecified atom stereocenters. The summed E-state index contributed by atoms with van der Waals surface area (Å²) in [4.78, 5) is 26.5. The molecular formula is C24H25NO4. The first-order valence-electron chi connectivity index (χ1n) is 9.96. The SMILES string of the molecule is CC(=O)C(=O)OC1(c2cccc3occc23)CCN(Cc2ccccc2)CC1C.